The number of carbonyl (C=O) groups is 2. The summed E-state index contributed by atoms with van der Waals surface area (Å²) in [6, 6.07) is 0.0195. The molecule has 0 bridgehead atoms. The quantitative estimate of drug-likeness (QED) is 0.522. The van der Waals surface area contributed by atoms with Crippen molar-refractivity contribution in [1.29, 1.82) is 0 Å². The summed E-state index contributed by atoms with van der Waals surface area (Å²) in [5.74, 6) is -1.44. The zero-order valence-electron chi connectivity index (χ0n) is 8.93. The Bertz CT molecular complexity index is 247. The molecule has 0 saturated carbocycles. The van der Waals surface area contributed by atoms with Crippen LogP contribution in [0.4, 0.5) is 0 Å². The van der Waals surface area contributed by atoms with Crippen molar-refractivity contribution in [2.24, 2.45) is 4.90 Å². The third-order valence-electron chi connectivity index (χ3n) is 1.89. The number of hydrogen-bond donors (Lipinski definition) is 2. The van der Waals surface area contributed by atoms with Gasteiger partial charge in [0.15, 0.2) is 0 Å². The van der Waals surface area contributed by atoms with Gasteiger partial charge in [-0.1, -0.05) is 0 Å². The van der Waals surface area contributed by atoms with Gasteiger partial charge in [0.2, 0.25) is 0 Å². The first-order valence-corrected chi connectivity index (χ1v) is 4.54. The van der Waals surface area contributed by atoms with E-state index in [1.165, 1.54) is 4.90 Å². The topological polar surface area (TPSA) is 82.0 Å². The van der Waals surface area contributed by atoms with E-state index in [0.29, 0.717) is 6.54 Å². The Morgan fingerprint density at radius 1 is 1.60 bits per heavy atom. The Balaban J connectivity index is 4.35. The molecule has 0 rings (SSSR count). The molecule has 0 aromatic rings. The summed E-state index contributed by atoms with van der Waals surface area (Å²) in [5.41, 5.74) is 0. The number of carboxylic acid groups (broad SMARTS) is 1. The van der Waals surface area contributed by atoms with Gasteiger partial charge in [0.05, 0.1) is 0 Å². The van der Waals surface area contributed by atoms with Gasteiger partial charge in [-0.2, -0.15) is 0 Å². The molecule has 83 valence electrons. The van der Waals surface area contributed by atoms with E-state index in [2.05, 4.69) is 10.2 Å². The molecule has 7 heteroatoms. The van der Waals surface area contributed by atoms with Gasteiger partial charge in [-0.15, -0.1) is 0 Å². The molecule has 2 N–H and O–H groups in total. The molecule has 1 unspecified atom stereocenters. The molecule has 0 aliphatic rings. The molecule has 1 radical (unpaired) electrons. The maximum absolute atomic E-state index is 11.4. The number of carboxylic acids is 1. The zero-order chi connectivity index (χ0) is 11.8. The fourth-order valence-corrected chi connectivity index (χ4v) is 1.02. The minimum atomic E-state index is -1.05. The Hall–Kier alpha value is -1.24. The standard InChI is InChI=1S/C8H15BN3O3/c1-6(10-2)4-12(5-8(14)15)7(13)3-11-9/h6,10H,3-5H2,1-2H3,(H,14,15). The second kappa shape index (κ2) is 7.11. The average Bonchev–Trinajstić information content (AvgIpc) is 2.16. The van der Waals surface area contributed by atoms with Gasteiger partial charge in [0, 0.05) is 0 Å². The monoisotopic (exact) mass is 212 g/mol. The number of hydrogen-bond acceptors (Lipinski definition) is 4. The number of amides is 1. The molecule has 15 heavy (non-hydrogen) atoms. The maximum atomic E-state index is 11.4. The van der Waals surface area contributed by atoms with E-state index < -0.39 is 5.97 Å². The van der Waals surface area contributed by atoms with Gasteiger partial charge in [-0.05, 0) is 0 Å². The fourth-order valence-electron chi connectivity index (χ4n) is 1.02. The molecule has 0 heterocycles. The van der Waals surface area contributed by atoms with Crippen LogP contribution in [-0.4, -0.2) is 62.2 Å². The van der Waals surface area contributed by atoms with Crippen molar-refractivity contribution in [3.8, 4) is 0 Å². The van der Waals surface area contributed by atoms with Crippen LogP contribution in [0.3, 0.4) is 0 Å². The van der Waals surface area contributed by atoms with E-state index >= 15 is 0 Å². The minimum absolute atomic E-state index is 0.0195. The molecule has 0 saturated heterocycles. The average molecular weight is 212 g/mol. The van der Waals surface area contributed by atoms with Crippen LogP contribution in [0.2, 0.25) is 0 Å². The SMILES string of the molecule is [B]=NCC(=O)N(CC(=O)O)CC(C)NC. The number of aliphatic carboxylic acids is 1. The normalized spacial score (nSPS) is 11.8. The second-order valence-electron chi connectivity index (χ2n) is 3.20. The molecule has 0 aliphatic heterocycles. The fraction of sp³-hybridized carbons (Fsp3) is 0.750. The van der Waals surface area contributed by atoms with Crippen LogP contribution >= 0.6 is 0 Å². The van der Waals surface area contributed by atoms with Crippen LogP contribution < -0.4 is 5.32 Å². The van der Waals surface area contributed by atoms with Gasteiger partial charge in [-0.3, -0.25) is 0 Å². The van der Waals surface area contributed by atoms with Crippen molar-refractivity contribution in [2.45, 2.75) is 13.0 Å². The van der Waals surface area contributed by atoms with Gasteiger partial charge >= 0.3 is 89.0 Å². The first kappa shape index (κ1) is 13.8. The van der Waals surface area contributed by atoms with Crippen LogP contribution in [-0.2, 0) is 9.59 Å². The summed E-state index contributed by atoms with van der Waals surface area (Å²) >= 11 is 0. The van der Waals surface area contributed by atoms with Crippen LogP contribution in [0.15, 0.2) is 4.90 Å². The molecule has 0 aromatic carbocycles. The van der Waals surface area contributed by atoms with E-state index in [0.717, 1.165) is 0 Å². The van der Waals surface area contributed by atoms with E-state index in [1.807, 2.05) is 6.92 Å². The van der Waals surface area contributed by atoms with Gasteiger partial charge in [0.1, 0.15) is 0 Å². The number of likely N-dealkylation sites (N-methyl/N-ethyl adjacent to an activating group) is 1. The molecule has 6 nitrogen and oxygen atoms in total. The Morgan fingerprint density at radius 2 is 2.20 bits per heavy atom. The van der Waals surface area contributed by atoms with E-state index in [1.54, 1.807) is 7.05 Å². The molecule has 0 aromatic heterocycles. The summed E-state index contributed by atoms with van der Waals surface area (Å²) in [7, 11) is 6.61. The van der Waals surface area contributed by atoms with Gasteiger partial charge in [-0.25, -0.2) is 0 Å². The molecule has 1 atom stereocenters. The third-order valence-corrected chi connectivity index (χ3v) is 1.89. The van der Waals surface area contributed by atoms with Crippen LogP contribution in [0.5, 0.6) is 0 Å². The predicted molar refractivity (Wildman–Crippen MR) is 55.8 cm³/mol. The summed E-state index contributed by atoms with van der Waals surface area (Å²) in [6.45, 7) is 1.64. The van der Waals surface area contributed by atoms with E-state index in [9.17, 15) is 9.59 Å². The molecule has 0 spiro atoms. The van der Waals surface area contributed by atoms with Crippen molar-refractivity contribution in [3.63, 3.8) is 0 Å². The zero-order valence-corrected chi connectivity index (χ0v) is 8.93. The molecular formula is C8H15BN3O3. The summed E-state index contributed by atoms with van der Waals surface area (Å²) < 4.78 is 0. The van der Waals surface area contributed by atoms with Crippen molar-refractivity contribution in [2.75, 3.05) is 26.7 Å². The Labute approximate surface area is 89.8 Å². The molecule has 0 fully saturated rings. The third kappa shape index (κ3) is 5.95. The van der Waals surface area contributed by atoms with Crippen molar-refractivity contribution >= 4 is 19.5 Å². The van der Waals surface area contributed by atoms with Crippen LogP contribution in [0, 0.1) is 0 Å². The Morgan fingerprint density at radius 3 is 2.60 bits per heavy atom. The summed E-state index contributed by atoms with van der Waals surface area (Å²) in [6.07, 6.45) is 0. The van der Waals surface area contributed by atoms with E-state index in [-0.39, 0.29) is 25.0 Å². The number of nitrogens with one attached hydrogen (secondary N) is 1. The second-order valence-corrected chi connectivity index (χ2v) is 3.20. The van der Waals surface area contributed by atoms with Gasteiger partial charge in [0.25, 0.3) is 0 Å². The van der Waals surface area contributed by atoms with Crippen LogP contribution in [0.25, 0.3) is 0 Å². The number of nitrogens with zero attached hydrogens (tertiary/aromatic N) is 2. The van der Waals surface area contributed by atoms with Gasteiger partial charge < -0.3 is 0 Å². The van der Waals surface area contributed by atoms with Crippen molar-refractivity contribution in [1.82, 2.24) is 10.2 Å². The Kier molecular flexibility index (Phi) is 6.52. The van der Waals surface area contributed by atoms with E-state index in [4.69, 9.17) is 12.7 Å². The molecule has 1 amide bonds. The first-order valence-electron chi connectivity index (χ1n) is 4.54. The molecule has 0 aliphatic carbocycles. The number of rotatable bonds is 7. The summed E-state index contributed by atoms with van der Waals surface area (Å²) in [4.78, 5) is 26.3. The van der Waals surface area contributed by atoms with Crippen LogP contribution in [0.1, 0.15) is 6.92 Å². The molecular weight excluding hydrogens is 197 g/mol. The van der Waals surface area contributed by atoms with Crippen molar-refractivity contribution in [3.05, 3.63) is 0 Å². The number of carbonyl (C=O) groups excluding carboxylic acids is 1. The first-order chi connectivity index (χ1) is 7.01. The van der Waals surface area contributed by atoms with Crippen molar-refractivity contribution < 1.29 is 14.7 Å². The summed E-state index contributed by atoms with van der Waals surface area (Å²) in [5, 5.41) is 11.5. The predicted octanol–water partition coefficient (Wildman–Crippen LogP) is -1.14.